The van der Waals surface area contributed by atoms with Crippen LogP contribution in [0.15, 0.2) is 0 Å². The summed E-state index contributed by atoms with van der Waals surface area (Å²) < 4.78 is 0. The summed E-state index contributed by atoms with van der Waals surface area (Å²) in [6, 6.07) is 0.907. The molecule has 0 radical (unpaired) electrons. The summed E-state index contributed by atoms with van der Waals surface area (Å²) in [5, 5.41) is 3.57. The molecule has 2 saturated heterocycles. The molecule has 0 amide bonds. The third kappa shape index (κ3) is 3.21. The average molecular weight is 224 g/mol. The summed E-state index contributed by atoms with van der Waals surface area (Å²) in [5.74, 6) is 0.942. The van der Waals surface area contributed by atoms with Gasteiger partial charge in [-0.15, -0.1) is 0 Å². The van der Waals surface area contributed by atoms with E-state index in [2.05, 4.69) is 17.1 Å². The SMILES string of the molecule is CCCCCN1CCCC1C1CCCNC1. The first kappa shape index (κ1) is 12.4. The number of hydrogen-bond donors (Lipinski definition) is 1. The van der Waals surface area contributed by atoms with Crippen LogP contribution >= 0.6 is 0 Å². The van der Waals surface area contributed by atoms with E-state index in [1.165, 1.54) is 71.1 Å². The molecule has 0 aliphatic carbocycles. The third-order valence-electron chi connectivity index (χ3n) is 4.34. The molecule has 94 valence electrons. The molecule has 2 atom stereocenters. The van der Waals surface area contributed by atoms with Crippen LogP contribution in [0.2, 0.25) is 0 Å². The van der Waals surface area contributed by atoms with Crippen LogP contribution < -0.4 is 5.32 Å². The zero-order valence-corrected chi connectivity index (χ0v) is 10.9. The van der Waals surface area contributed by atoms with Gasteiger partial charge in [-0.25, -0.2) is 0 Å². The Morgan fingerprint density at radius 1 is 1.19 bits per heavy atom. The highest BCUT2D eigenvalue weighted by Gasteiger charge is 2.31. The predicted molar refractivity (Wildman–Crippen MR) is 69.7 cm³/mol. The van der Waals surface area contributed by atoms with E-state index < -0.39 is 0 Å². The summed E-state index contributed by atoms with van der Waals surface area (Å²) in [5.41, 5.74) is 0. The van der Waals surface area contributed by atoms with Gasteiger partial charge in [-0.1, -0.05) is 19.8 Å². The Balaban J connectivity index is 1.77. The van der Waals surface area contributed by atoms with Crippen molar-refractivity contribution in [2.45, 2.75) is 57.9 Å². The van der Waals surface area contributed by atoms with Crippen molar-refractivity contribution in [1.82, 2.24) is 10.2 Å². The van der Waals surface area contributed by atoms with E-state index in [4.69, 9.17) is 0 Å². The Labute approximate surface area is 101 Å². The molecule has 2 rings (SSSR count). The molecule has 0 aromatic rings. The van der Waals surface area contributed by atoms with Crippen LogP contribution in [-0.4, -0.2) is 37.1 Å². The van der Waals surface area contributed by atoms with Gasteiger partial charge in [0.15, 0.2) is 0 Å². The first-order valence-electron chi connectivity index (χ1n) is 7.36. The number of rotatable bonds is 5. The lowest BCUT2D eigenvalue weighted by molar-refractivity contribution is 0.163. The van der Waals surface area contributed by atoms with Gasteiger partial charge < -0.3 is 10.2 Å². The normalized spacial score (nSPS) is 32.1. The molecule has 2 nitrogen and oxygen atoms in total. The van der Waals surface area contributed by atoms with Gasteiger partial charge >= 0.3 is 0 Å². The Kier molecular flexibility index (Phi) is 5.11. The second-order valence-electron chi connectivity index (χ2n) is 5.56. The molecule has 2 aliphatic rings. The van der Waals surface area contributed by atoms with Crippen molar-refractivity contribution in [3.05, 3.63) is 0 Å². The number of hydrogen-bond acceptors (Lipinski definition) is 2. The molecule has 16 heavy (non-hydrogen) atoms. The van der Waals surface area contributed by atoms with Gasteiger partial charge in [0.05, 0.1) is 0 Å². The molecule has 2 heterocycles. The lowest BCUT2D eigenvalue weighted by Gasteiger charge is -2.34. The van der Waals surface area contributed by atoms with E-state index in [1.807, 2.05) is 0 Å². The van der Waals surface area contributed by atoms with Crippen molar-refractivity contribution >= 4 is 0 Å². The number of nitrogens with one attached hydrogen (secondary N) is 1. The van der Waals surface area contributed by atoms with Gasteiger partial charge in [0.25, 0.3) is 0 Å². The molecular weight excluding hydrogens is 196 g/mol. The van der Waals surface area contributed by atoms with Gasteiger partial charge in [0, 0.05) is 6.04 Å². The largest absolute Gasteiger partial charge is 0.316 e. The van der Waals surface area contributed by atoms with Crippen LogP contribution in [-0.2, 0) is 0 Å². The number of unbranched alkanes of at least 4 members (excludes halogenated alkanes) is 2. The zero-order chi connectivity index (χ0) is 11.2. The minimum absolute atomic E-state index is 0.907. The number of likely N-dealkylation sites (tertiary alicyclic amines) is 1. The standard InChI is InChI=1S/C14H28N2/c1-2-3-4-10-16-11-6-8-14(16)13-7-5-9-15-12-13/h13-15H,2-12H2,1H3. The Morgan fingerprint density at radius 3 is 2.88 bits per heavy atom. The van der Waals surface area contributed by atoms with Crippen molar-refractivity contribution in [1.29, 1.82) is 0 Å². The lowest BCUT2D eigenvalue weighted by atomic mass is 9.90. The summed E-state index contributed by atoms with van der Waals surface area (Å²) in [6.45, 7) is 7.54. The fourth-order valence-corrected chi connectivity index (χ4v) is 3.44. The monoisotopic (exact) mass is 224 g/mol. The highest BCUT2D eigenvalue weighted by molar-refractivity contribution is 4.87. The maximum Gasteiger partial charge on any atom is 0.0136 e. The van der Waals surface area contributed by atoms with Gasteiger partial charge in [-0.3, -0.25) is 0 Å². The van der Waals surface area contributed by atoms with Gasteiger partial charge in [0.1, 0.15) is 0 Å². The van der Waals surface area contributed by atoms with Crippen molar-refractivity contribution in [2.24, 2.45) is 5.92 Å². The van der Waals surface area contributed by atoms with Crippen molar-refractivity contribution < 1.29 is 0 Å². The molecule has 0 bridgehead atoms. The van der Waals surface area contributed by atoms with Crippen LogP contribution in [0.5, 0.6) is 0 Å². The molecule has 0 saturated carbocycles. The maximum atomic E-state index is 3.57. The first-order chi connectivity index (χ1) is 7.92. The molecule has 2 fully saturated rings. The van der Waals surface area contributed by atoms with Gasteiger partial charge in [-0.2, -0.15) is 0 Å². The summed E-state index contributed by atoms with van der Waals surface area (Å²) in [6.07, 6.45) is 9.92. The van der Waals surface area contributed by atoms with E-state index in [9.17, 15) is 0 Å². The van der Waals surface area contributed by atoms with Crippen LogP contribution in [0.4, 0.5) is 0 Å². The van der Waals surface area contributed by atoms with Gasteiger partial charge in [0.2, 0.25) is 0 Å². The van der Waals surface area contributed by atoms with E-state index in [-0.39, 0.29) is 0 Å². The second kappa shape index (κ2) is 6.61. The van der Waals surface area contributed by atoms with Crippen LogP contribution in [0.3, 0.4) is 0 Å². The van der Waals surface area contributed by atoms with Crippen LogP contribution in [0.25, 0.3) is 0 Å². The molecule has 2 heteroatoms. The van der Waals surface area contributed by atoms with E-state index in [1.54, 1.807) is 0 Å². The molecule has 0 aromatic heterocycles. The molecule has 1 N–H and O–H groups in total. The quantitative estimate of drug-likeness (QED) is 0.722. The minimum Gasteiger partial charge on any atom is -0.316 e. The Bertz CT molecular complexity index is 187. The molecule has 0 spiro atoms. The maximum absolute atomic E-state index is 3.57. The number of piperidine rings is 1. The minimum atomic E-state index is 0.907. The summed E-state index contributed by atoms with van der Waals surface area (Å²) in [7, 11) is 0. The van der Waals surface area contributed by atoms with E-state index in [0.29, 0.717) is 0 Å². The fraction of sp³-hybridized carbons (Fsp3) is 1.00. The average Bonchev–Trinajstić information content (AvgIpc) is 2.79. The number of nitrogens with zero attached hydrogens (tertiary/aromatic N) is 1. The van der Waals surface area contributed by atoms with E-state index in [0.717, 1.165) is 12.0 Å². The predicted octanol–water partition coefficient (Wildman–Crippen LogP) is 2.64. The lowest BCUT2D eigenvalue weighted by Crippen LogP contribution is -2.43. The second-order valence-corrected chi connectivity index (χ2v) is 5.56. The van der Waals surface area contributed by atoms with Crippen LogP contribution in [0.1, 0.15) is 51.9 Å². The fourth-order valence-electron chi connectivity index (χ4n) is 3.44. The smallest absolute Gasteiger partial charge is 0.0136 e. The molecule has 0 aromatic carbocycles. The van der Waals surface area contributed by atoms with Gasteiger partial charge in [-0.05, 0) is 64.2 Å². The third-order valence-corrected chi connectivity index (χ3v) is 4.34. The van der Waals surface area contributed by atoms with Crippen molar-refractivity contribution in [3.8, 4) is 0 Å². The first-order valence-corrected chi connectivity index (χ1v) is 7.36. The molecular formula is C14H28N2. The summed E-state index contributed by atoms with van der Waals surface area (Å²) >= 11 is 0. The highest BCUT2D eigenvalue weighted by atomic mass is 15.2. The summed E-state index contributed by atoms with van der Waals surface area (Å²) in [4.78, 5) is 2.79. The Morgan fingerprint density at radius 2 is 2.12 bits per heavy atom. The molecule has 2 aliphatic heterocycles. The van der Waals surface area contributed by atoms with Crippen molar-refractivity contribution in [3.63, 3.8) is 0 Å². The zero-order valence-electron chi connectivity index (χ0n) is 10.9. The van der Waals surface area contributed by atoms with Crippen LogP contribution in [0, 0.1) is 5.92 Å². The van der Waals surface area contributed by atoms with E-state index >= 15 is 0 Å². The Hall–Kier alpha value is -0.0800. The van der Waals surface area contributed by atoms with Crippen molar-refractivity contribution in [2.75, 3.05) is 26.2 Å². The highest BCUT2D eigenvalue weighted by Crippen LogP contribution is 2.28. The molecule has 2 unspecified atom stereocenters. The topological polar surface area (TPSA) is 15.3 Å².